The molecule has 2 aromatic carbocycles. The summed E-state index contributed by atoms with van der Waals surface area (Å²) in [6, 6.07) is 13.8. The number of para-hydroxylation sites is 1. The first-order valence-corrected chi connectivity index (χ1v) is 8.52. The quantitative estimate of drug-likeness (QED) is 0.635. The van der Waals surface area contributed by atoms with E-state index in [0.29, 0.717) is 12.1 Å². The number of rotatable bonds is 7. The van der Waals surface area contributed by atoms with Gasteiger partial charge in [0.1, 0.15) is 5.75 Å². The number of hydrogen-bond acceptors (Lipinski definition) is 3. The van der Waals surface area contributed by atoms with Gasteiger partial charge in [-0.05, 0) is 42.3 Å². The van der Waals surface area contributed by atoms with Crippen molar-refractivity contribution in [3.05, 3.63) is 71.5 Å². The number of aromatic nitrogens is 2. The highest BCUT2D eigenvalue weighted by Crippen LogP contribution is 2.29. The normalized spacial score (nSPS) is 10.8. The molecule has 3 rings (SSSR count). The molecule has 0 atom stereocenters. The van der Waals surface area contributed by atoms with Gasteiger partial charge < -0.3 is 10.1 Å². The minimum Gasteiger partial charge on any atom is -0.433 e. The maximum atomic E-state index is 12.2. The molecule has 1 heterocycles. The van der Waals surface area contributed by atoms with Crippen molar-refractivity contribution >= 4 is 23.2 Å². The summed E-state index contributed by atoms with van der Waals surface area (Å²) < 4.78 is 30.5. The minimum atomic E-state index is -2.96. The molecule has 1 aromatic heterocycles. The fraction of sp³-hybridized carbons (Fsp3) is 0.158. The van der Waals surface area contributed by atoms with Crippen LogP contribution in [-0.2, 0) is 11.2 Å². The number of hydrogen-bond donors (Lipinski definition) is 1. The lowest BCUT2D eigenvalue weighted by atomic mass is 10.2. The fourth-order valence-electron chi connectivity index (χ4n) is 2.46. The van der Waals surface area contributed by atoms with Crippen LogP contribution in [-0.4, -0.2) is 22.3 Å². The van der Waals surface area contributed by atoms with E-state index in [-0.39, 0.29) is 23.1 Å². The lowest BCUT2D eigenvalue weighted by Gasteiger charge is -2.09. The molecule has 0 aliphatic heterocycles. The molecule has 0 aliphatic rings. The molecule has 5 nitrogen and oxygen atoms in total. The standard InChI is InChI=1S/C19H16ClF2N3O2/c20-16-10-14(7-8-17(16)27-19(21)22)24-18(26)9-6-13-11-23-25(12-13)15-4-2-1-3-5-15/h1-5,7-8,10-12,19H,6,9H2,(H,24,26). The maximum absolute atomic E-state index is 12.2. The molecule has 0 radical (unpaired) electrons. The fourth-order valence-corrected chi connectivity index (χ4v) is 2.69. The maximum Gasteiger partial charge on any atom is 0.387 e. The highest BCUT2D eigenvalue weighted by atomic mass is 35.5. The van der Waals surface area contributed by atoms with Crippen LogP contribution < -0.4 is 10.1 Å². The van der Waals surface area contributed by atoms with E-state index in [1.165, 1.54) is 18.2 Å². The van der Waals surface area contributed by atoms with Crippen molar-refractivity contribution < 1.29 is 18.3 Å². The summed E-state index contributed by atoms with van der Waals surface area (Å²) in [6.45, 7) is -2.96. The van der Waals surface area contributed by atoms with Crippen molar-refractivity contribution in [1.82, 2.24) is 9.78 Å². The van der Waals surface area contributed by atoms with Crippen molar-refractivity contribution in [3.63, 3.8) is 0 Å². The predicted molar refractivity (Wildman–Crippen MR) is 98.6 cm³/mol. The largest absolute Gasteiger partial charge is 0.433 e. The van der Waals surface area contributed by atoms with Crippen molar-refractivity contribution in [2.24, 2.45) is 0 Å². The number of amides is 1. The molecule has 140 valence electrons. The zero-order chi connectivity index (χ0) is 19.2. The third-order valence-electron chi connectivity index (χ3n) is 3.73. The molecule has 0 aliphatic carbocycles. The number of anilines is 1. The smallest absolute Gasteiger partial charge is 0.387 e. The van der Waals surface area contributed by atoms with E-state index < -0.39 is 6.61 Å². The summed E-state index contributed by atoms with van der Waals surface area (Å²) in [5.74, 6) is -0.362. The first kappa shape index (κ1) is 18.8. The number of nitrogens with one attached hydrogen (secondary N) is 1. The highest BCUT2D eigenvalue weighted by molar-refractivity contribution is 6.32. The van der Waals surface area contributed by atoms with Crippen LogP contribution in [0.25, 0.3) is 5.69 Å². The number of carbonyl (C=O) groups is 1. The highest BCUT2D eigenvalue weighted by Gasteiger charge is 2.11. The number of nitrogens with zero attached hydrogens (tertiary/aromatic N) is 2. The molecule has 0 unspecified atom stereocenters. The van der Waals surface area contributed by atoms with Gasteiger partial charge in [-0.2, -0.15) is 13.9 Å². The molecule has 3 aromatic rings. The molecular formula is C19H16ClF2N3O2. The molecule has 1 amide bonds. The number of benzene rings is 2. The average Bonchev–Trinajstić information content (AvgIpc) is 3.12. The summed E-state index contributed by atoms with van der Waals surface area (Å²) in [5.41, 5.74) is 2.27. The Morgan fingerprint density at radius 1 is 1.22 bits per heavy atom. The van der Waals surface area contributed by atoms with Gasteiger partial charge in [0.25, 0.3) is 0 Å². The van der Waals surface area contributed by atoms with Crippen LogP contribution in [0, 0.1) is 0 Å². The molecule has 0 bridgehead atoms. The van der Waals surface area contributed by atoms with E-state index in [1.807, 2.05) is 36.5 Å². The Morgan fingerprint density at radius 3 is 2.70 bits per heavy atom. The Morgan fingerprint density at radius 2 is 2.00 bits per heavy atom. The number of aryl methyl sites for hydroxylation is 1. The van der Waals surface area contributed by atoms with Crippen molar-refractivity contribution in [2.45, 2.75) is 19.5 Å². The third-order valence-corrected chi connectivity index (χ3v) is 4.02. The third kappa shape index (κ3) is 5.27. The van der Waals surface area contributed by atoms with Gasteiger partial charge in [-0.15, -0.1) is 0 Å². The second-order valence-electron chi connectivity index (χ2n) is 5.70. The Balaban J connectivity index is 1.54. The van der Waals surface area contributed by atoms with Crippen LogP contribution in [0.3, 0.4) is 0 Å². The summed E-state index contributed by atoms with van der Waals surface area (Å²) in [4.78, 5) is 12.1. The molecular weight excluding hydrogens is 376 g/mol. The van der Waals surface area contributed by atoms with Gasteiger partial charge in [0, 0.05) is 18.3 Å². The lowest BCUT2D eigenvalue weighted by Crippen LogP contribution is -2.12. The number of alkyl halides is 2. The Hall–Kier alpha value is -2.93. The first-order chi connectivity index (χ1) is 13.0. The van der Waals surface area contributed by atoms with Crippen molar-refractivity contribution in [1.29, 1.82) is 0 Å². The van der Waals surface area contributed by atoms with Crippen LogP contribution in [0.15, 0.2) is 60.9 Å². The molecule has 0 spiro atoms. The number of ether oxygens (including phenoxy) is 1. The summed E-state index contributed by atoms with van der Waals surface area (Å²) in [6.07, 6.45) is 4.34. The van der Waals surface area contributed by atoms with E-state index in [0.717, 1.165) is 11.3 Å². The van der Waals surface area contributed by atoms with E-state index >= 15 is 0 Å². The van der Waals surface area contributed by atoms with Gasteiger partial charge in [0.05, 0.1) is 16.9 Å². The average molecular weight is 392 g/mol. The molecule has 0 saturated carbocycles. The van der Waals surface area contributed by atoms with Gasteiger partial charge in [-0.1, -0.05) is 29.8 Å². The zero-order valence-corrected chi connectivity index (χ0v) is 14.9. The zero-order valence-electron chi connectivity index (χ0n) is 14.1. The van der Waals surface area contributed by atoms with Gasteiger partial charge in [-0.3, -0.25) is 4.79 Å². The summed E-state index contributed by atoms with van der Waals surface area (Å²) in [5, 5.41) is 6.96. The van der Waals surface area contributed by atoms with Gasteiger partial charge in [0.2, 0.25) is 5.91 Å². The molecule has 1 N–H and O–H groups in total. The van der Waals surface area contributed by atoms with Crippen molar-refractivity contribution in [3.8, 4) is 11.4 Å². The first-order valence-electron chi connectivity index (χ1n) is 8.14. The van der Waals surface area contributed by atoms with E-state index in [4.69, 9.17) is 11.6 Å². The predicted octanol–water partition coefficient (Wildman–Crippen LogP) is 4.70. The van der Waals surface area contributed by atoms with E-state index in [9.17, 15) is 13.6 Å². The molecule has 27 heavy (non-hydrogen) atoms. The van der Waals surface area contributed by atoms with Crippen LogP contribution >= 0.6 is 11.6 Å². The van der Waals surface area contributed by atoms with E-state index in [2.05, 4.69) is 15.2 Å². The molecule has 8 heteroatoms. The van der Waals surface area contributed by atoms with Crippen LogP contribution in [0.1, 0.15) is 12.0 Å². The summed E-state index contributed by atoms with van der Waals surface area (Å²) in [7, 11) is 0. The summed E-state index contributed by atoms with van der Waals surface area (Å²) >= 11 is 5.87. The number of halogens is 3. The molecule has 0 fully saturated rings. The SMILES string of the molecule is O=C(CCc1cnn(-c2ccccc2)c1)Nc1ccc(OC(F)F)c(Cl)c1. The lowest BCUT2D eigenvalue weighted by molar-refractivity contribution is -0.116. The second-order valence-corrected chi connectivity index (χ2v) is 6.11. The Kier molecular flexibility index (Phi) is 6.03. The van der Waals surface area contributed by atoms with Gasteiger partial charge in [-0.25, -0.2) is 4.68 Å². The monoisotopic (exact) mass is 391 g/mol. The van der Waals surface area contributed by atoms with Crippen LogP contribution in [0.5, 0.6) is 5.75 Å². The molecule has 0 saturated heterocycles. The minimum absolute atomic E-state index is 0.00256. The van der Waals surface area contributed by atoms with E-state index in [1.54, 1.807) is 10.9 Å². The van der Waals surface area contributed by atoms with Crippen LogP contribution in [0.2, 0.25) is 5.02 Å². The Bertz CT molecular complexity index is 916. The Labute approximate surface area is 159 Å². The van der Waals surface area contributed by atoms with Crippen molar-refractivity contribution in [2.75, 3.05) is 5.32 Å². The number of carbonyl (C=O) groups excluding carboxylic acids is 1. The van der Waals surface area contributed by atoms with Crippen LogP contribution in [0.4, 0.5) is 14.5 Å². The van der Waals surface area contributed by atoms with Gasteiger partial charge >= 0.3 is 6.61 Å². The second kappa shape index (κ2) is 8.64. The van der Waals surface area contributed by atoms with Gasteiger partial charge in [0.15, 0.2) is 0 Å². The topological polar surface area (TPSA) is 56.2 Å².